The van der Waals surface area contributed by atoms with Crippen LogP contribution in [0.1, 0.15) is 24.1 Å². The fourth-order valence-corrected chi connectivity index (χ4v) is 6.10. The Morgan fingerprint density at radius 3 is 2.54 bits per heavy atom. The number of carbonyl (C=O) groups is 1. The molecule has 7 nitrogen and oxygen atoms in total. The van der Waals surface area contributed by atoms with Gasteiger partial charge in [0.05, 0.1) is 26.3 Å². The summed E-state index contributed by atoms with van der Waals surface area (Å²) >= 11 is 1.15. The Morgan fingerprint density at radius 1 is 1.11 bits per heavy atom. The van der Waals surface area contributed by atoms with Crippen LogP contribution in [-0.2, 0) is 21.2 Å². The third kappa shape index (κ3) is 4.65. The minimum absolute atomic E-state index is 0.0926. The molecule has 3 rings (SSSR count). The highest BCUT2D eigenvalue weighted by Crippen LogP contribution is 2.30. The SMILES string of the molecule is COc1ccc(NC(=O)Cc2ccc(S(=O)(=O)N3CCCCC3)s2)c(OC)c1. The third-order valence-corrected chi connectivity index (χ3v) is 8.02. The lowest BCUT2D eigenvalue weighted by atomic mass is 10.2. The average molecular weight is 425 g/mol. The second-order valence-electron chi connectivity index (χ2n) is 6.48. The van der Waals surface area contributed by atoms with Gasteiger partial charge in [0.2, 0.25) is 5.91 Å². The van der Waals surface area contributed by atoms with Gasteiger partial charge in [0.1, 0.15) is 15.7 Å². The zero-order chi connectivity index (χ0) is 20.1. The van der Waals surface area contributed by atoms with Gasteiger partial charge in [-0.2, -0.15) is 4.31 Å². The van der Waals surface area contributed by atoms with E-state index in [1.165, 1.54) is 11.4 Å². The van der Waals surface area contributed by atoms with E-state index in [0.717, 1.165) is 30.6 Å². The molecule has 0 unspecified atom stereocenters. The maximum absolute atomic E-state index is 12.7. The number of sulfonamides is 1. The first-order valence-electron chi connectivity index (χ1n) is 9.05. The molecule has 1 aromatic heterocycles. The van der Waals surface area contributed by atoms with Gasteiger partial charge >= 0.3 is 0 Å². The molecule has 1 fully saturated rings. The summed E-state index contributed by atoms with van der Waals surface area (Å²) < 4.78 is 37.7. The molecule has 152 valence electrons. The largest absolute Gasteiger partial charge is 0.497 e. The summed E-state index contributed by atoms with van der Waals surface area (Å²) in [7, 11) is -0.398. The first kappa shape index (κ1) is 20.6. The van der Waals surface area contributed by atoms with E-state index in [2.05, 4.69) is 5.32 Å². The lowest BCUT2D eigenvalue weighted by Crippen LogP contribution is -2.35. The van der Waals surface area contributed by atoms with Crippen molar-refractivity contribution in [2.24, 2.45) is 0 Å². The average Bonchev–Trinajstić information content (AvgIpc) is 3.18. The lowest BCUT2D eigenvalue weighted by Gasteiger charge is -2.25. The molecule has 1 aliphatic rings. The Bertz CT molecular complexity index is 934. The number of piperidine rings is 1. The Balaban J connectivity index is 1.67. The van der Waals surface area contributed by atoms with Gasteiger partial charge in [-0.3, -0.25) is 4.79 Å². The molecular formula is C19H24N2O5S2. The number of nitrogens with zero attached hydrogens (tertiary/aromatic N) is 1. The second-order valence-corrected chi connectivity index (χ2v) is 9.81. The number of carbonyl (C=O) groups excluding carboxylic acids is 1. The van der Waals surface area contributed by atoms with Gasteiger partial charge < -0.3 is 14.8 Å². The standard InChI is InChI=1S/C19H24N2O5S2/c1-25-14-6-8-16(17(12-14)26-2)20-18(22)13-15-7-9-19(27-15)28(23,24)21-10-4-3-5-11-21/h6-9,12H,3-5,10-11,13H2,1-2H3,(H,20,22). The molecule has 1 N–H and O–H groups in total. The van der Waals surface area contributed by atoms with Crippen LogP contribution < -0.4 is 14.8 Å². The smallest absolute Gasteiger partial charge is 0.252 e. The summed E-state index contributed by atoms with van der Waals surface area (Å²) in [4.78, 5) is 13.1. The van der Waals surface area contributed by atoms with Crippen molar-refractivity contribution in [1.29, 1.82) is 0 Å². The Morgan fingerprint density at radius 2 is 1.86 bits per heavy atom. The van der Waals surface area contributed by atoms with Gasteiger partial charge in [-0.05, 0) is 37.1 Å². The zero-order valence-corrected chi connectivity index (χ0v) is 17.6. The third-order valence-electron chi connectivity index (χ3n) is 4.56. The maximum Gasteiger partial charge on any atom is 0.252 e. The molecule has 28 heavy (non-hydrogen) atoms. The van der Waals surface area contributed by atoms with Crippen molar-refractivity contribution >= 4 is 33.0 Å². The molecule has 0 spiro atoms. The highest BCUT2D eigenvalue weighted by Gasteiger charge is 2.27. The molecule has 2 aromatic rings. The maximum atomic E-state index is 12.7. The van der Waals surface area contributed by atoms with E-state index in [1.54, 1.807) is 37.4 Å². The van der Waals surface area contributed by atoms with E-state index >= 15 is 0 Å². The van der Waals surface area contributed by atoms with Crippen molar-refractivity contribution in [2.45, 2.75) is 29.9 Å². The Kier molecular flexibility index (Phi) is 6.58. The quantitative estimate of drug-likeness (QED) is 0.738. The number of benzene rings is 1. The van der Waals surface area contributed by atoms with Crippen LogP contribution in [0.3, 0.4) is 0 Å². The highest BCUT2D eigenvalue weighted by molar-refractivity contribution is 7.91. The monoisotopic (exact) mass is 424 g/mol. The molecule has 2 heterocycles. The minimum atomic E-state index is -3.47. The van der Waals surface area contributed by atoms with Crippen molar-refractivity contribution in [3.63, 3.8) is 0 Å². The van der Waals surface area contributed by atoms with Crippen molar-refractivity contribution in [3.8, 4) is 11.5 Å². The normalized spacial score (nSPS) is 15.2. The van der Waals surface area contributed by atoms with E-state index in [-0.39, 0.29) is 12.3 Å². The molecule has 1 saturated heterocycles. The molecule has 9 heteroatoms. The molecule has 0 saturated carbocycles. The van der Waals surface area contributed by atoms with Crippen LogP contribution in [0.15, 0.2) is 34.5 Å². The predicted octanol–water partition coefficient (Wildman–Crippen LogP) is 3.12. The van der Waals surface area contributed by atoms with E-state index < -0.39 is 10.0 Å². The lowest BCUT2D eigenvalue weighted by molar-refractivity contribution is -0.115. The summed E-state index contributed by atoms with van der Waals surface area (Å²) in [6.07, 6.45) is 2.94. The molecule has 1 aliphatic heterocycles. The molecule has 0 aliphatic carbocycles. The fraction of sp³-hybridized carbons (Fsp3) is 0.421. The van der Waals surface area contributed by atoms with Crippen LogP contribution in [0.2, 0.25) is 0 Å². The number of hydrogen-bond acceptors (Lipinski definition) is 6. The number of ether oxygens (including phenoxy) is 2. The summed E-state index contributed by atoms with van der Waals surface area (Å²) in [6, 6.07) is 8.41. The van der Waals surface area contributed by atoms with Gasteiger partial charge in [-0.25, -0.2) is 8.42 Å². The fourth-order valence-electron chi connectivity index (χ4n) is 3.08. The van der Waals surface area contributed by atoms with Crippen LogP contribution in [-0.4, -0.2) is 45.9 Å². The summed E-state index contributed by atoms with van der Waals surface area (Å²) in [6.45, 7) is 1.13. The van der Waals surface area contributed by atoms with Gasteiger partial charge in [0, 0.05) is 24.0 Å². The molecule has 1 aromatic carbocycles. The Labute approximate surface area is 169 Å². The number of hydrogen-bond donors (Lipinski definition) is 1. The summed E-state index contributed by atoms with van der Waals surface area (Å²) in [5.74, 6) is 0.875. The number of anilines is 1. The molecular weight excluding hydrogens is 400 g/mol. The first-order chi connectivity index (χ1) is 13.4. The second kappa shape index (κ2) is 8.93. The number of nitrogens with one attached hydrogen (secondary N) is 1. The number of thiophene rings is 1. The van der Waals surface area contributed by atoms with Crippen molar-refractivity contribution < 1.29 is 22.7 Å². The molecule has 1 amide bonds. The molecule has 0 radical (unpaired) electrons. The van der Waals surface area contributed by atoms with Gasteiger partial charge in [-0.15, -0.1) is 11.3 Å². The summed E-state index contributed by atoms with van der Waals surface area (Å²) in [5, 5.41) is 2.80. The highest BCUT2D eigenvalue weighted by atomic mass is 32.2. The predicted molar refractivity (Wildman–Crippen MR) is 109 cm³/mol. The molecule has 0 bridgehead atoms. The number of amides is 1. The number of methoxy groups -OCH3 is 2. The van der Waals surface area contributed by atoms with Crippen molar-refractivity contribution in [2.75, 3.05) is 32.6 Å². The summed E-state index contributed by atoms with van der Waals surface area (Å²) in [5.41, 5.74) is 0.533. The zero-order valence-electron chi connectivity index (χ0n) is 15.9. The van der Waals surface area contributed by atoms with Crippen LogP contribution >= 0.6 is 11.3 Å². The van der Waals surface area contributed by atoms with E-state index in [1.807, 2.05) is 0 Å². The van der Waals surface area contributed by atoms with Gasteiger partial charge in [0.25, 0.3) is 10.0 Å². The first-order valence-corrected chi connectivity index (χ1v) is 11.3. The topological polar surface area (TPSA) is 84.9 Å². The van der Waals surface area contributed by atoms with Crippen molar-refractivity contribution in [3.05, 3.63) is 35.2 Å². The minimum Gasteiger partial charge on any atom is -0.497 e. The van der Waals surface area contributed by atoms with Crippen molar-refractivity contribution in [1.82, 2.24) is 4.31 Å². The van der Waals surface area contributed by atoms with E-state index in [0.29, 0.717) is 39.4 Å². The van der Waals surface area contributed by atoms with Crippen LogP contribution in [0, 0.1) is 0 Å². The van der Waals surface area contributed by atoms with Crippen LogP contribution in [0.4, 0.5) is 5.69 Å². The van der Waals surface area contributed by atoms with Gasteiger partial charge in [-0.1, -0.05) is 6.42 Å². The van der Waals surface area contributed by atoms with Crippen LogP contribution in [0.5, 0.6) is 11.5 Å². The van der Waals surface area contributed by atoms with Gasteiger partial charge in [0.15, 0.2) is 0 Å². The van der Waals surface area contributed by atoms with E-state index in [9.17, 15) is 13.2 Å². The number of rotatable bonds is 7. The van der Waals surface area contributed by atoms with Crippen LogP contribution in [0.25, 0.3) is 0 Å². The molecule has 0 atom stereocenters. The Hall–Kier alpha value is -2.10. The van der Waals surface area contributed by atoms with E-state index in [4.69, 9.17) is 9.47 Å².